The Morgan fingerprint density at radius 2 is 1.93 bits per heavy atom. The van der Waals surface area contributed by atoms with Crippen molar-refractivity contribution in [3.05, 3.63) is 63.6 Å². The molecule has 2 aromatic carbocycles. The lowest BCUT2D eigenvalue weighted by Crippen LogP contribution is -2.42. The highest BCUT2D eigenvalue weighted by molar-refractivity contribution is 9.10. The molecule has 1 heterocycles. The smallest absolute Gasteiger partial charge is 0.335 e. The van der Waals surface area contributed by atoms with E-state index in [-0.39, 0.29) is 11.5 Å². The second-order valence-electron chi connectivity index (χ2n) is 6.66. The summed E-state index contributed by atoms with van der Waals surface area (Å²) >= 11 is 3.47. The van der Waals surface area contributed by atoms with Crippen molar-refractivity contribution in [2.75, 3.05) is 32.8 Å². The van der Waals surface area contributed by atoms with Crippen LogP contribution >= 0.6 is 15.9 Å². The molecule has 0 aliphatic carbocycles. The number of nitrogens with one attached hydrogen (secondary N) is 1. The van der Waals surface area contributed by atoms with E-state index in [0.717, 1.165) is 28.7 Å². The number of benzene rings is 2. The predicted octanol–water partition coefficient (Wildman–Crippen LogP) is 2.51. The van der Waals surface area contributed by atoms with E-state index in [1.807, 2.05) is 17.0 Å². The summed E-state index contributed by atoms with van der Waals surface area (Å²) in [5, 5.41) is 12.9. The van der Waals surface area contributed by atoms with Crippen LogP contribution in [-0.2, 0) is 16.1 Å². The molecular formula is C21H22BrN3O5. The zero-order valence-corrected chi connectivity index (χ0v) is 17.8. The molecule has 0 aromatic heterocycles. The number of hydrogen-bond acceptors (Lipinski definition) is 6. The molecule has 1 aliphatic heterocycles. The van der Waals surface area contributed by atoms with Crippen LogP contribution in [0.2, 0.25) is 0 Å². The number of rotatable bonds is 8. The first-order valence-electron chi connectivity index (χ1n) is 9.38. The fourth-order valence-electron chi connectivity index (χ4n) is 2.80. The Balaban J connectivity index is 1.48. The molecule has 0 unspecified atom stereocenters. The first-order chi connectivity index (χ1) is 14.5. The van der Waals surface area contributed by atoms with Crippen LogP contribution in [0.1, 0.15) is 21.5 Å². The van der Waals surface area contributed by atoms with Gasteiger partial charge in [0.2, 0.25) is 0 Å². The molecule has 0 radical (unpaired) electrons. The standard InChI is InChI=1S/C21H22BrN3O5/c22-18-11-16(12-23-24-20(26)13-25-7-9-29-10-8-25)3-6-19(18)30-14-15-1-4-17(5-2-15)21(27)28/h1-6,11-12H,7-10,13-14H2,(H,24,26)(H,27,28)/b23-12+. The topological polar surface area (TPSA) is 100 Å². The normalized spacial score (nSPS) is 14.6. The van der Waals surface area contributed by atoms with Crippen molar-refractivity contribution < 1.29 is 24.2 Å². The van der Waals surface area contributed by atoms with Crippen molar-refractivity contribution in [3.63, 3.8) is 0 Å². The fourth-order valence-corrected chi connectivity index (χ4v) is 3.31. The summed E-state index contributed by atoms with van der Waals surface area (Å²) in [6, 6.07) is 12.0. The quantitative estimate of drug-likeness (QED) is 0.449. The van der Waals surface area contributed by atoms with Crippen LogP contribution in [-0.4, -0.2) is 60.9 Å². The maximum absolute atomic E-state index is 11.9. The molecule has 1 aliphatic rings. The summed E-state index contributed by atoms with van der Waals surface area (Å²) in [6.07, 6.45) is 1.57. The maximum atomic E-state index is 11.9. The summed E-state index contributed by atoms with van der Waals surface area (Å²) in [7, 11) is 0. The van der Waals surface area contributed by atoms with Gasteiger partial charge in [0.05, 0.1) is 36.0 Å². The van der Waals surface area contributed by atoms with Crippen LogP contribution in [0.3, 0.4) is 0 Å². The highest BCUT2D eigenvalue weighted by atomic mass is 79.9. The molecule has 3 rings (SSSR count). The van der Waals surface area contributed by atoms with Crippen molar-refractivity contribution in [3.8, 4) is 5.75 Å². The largest absolute Gasteiger partial charge is 0.488 e. The minimum Gasteiger partial charge on any atom is -0.488 e. The fraction of sp³-hybridized carbons (Fsp3) is 0.286. The first-order valence-corrected chi connectivity index (χ1v) is 10.2. The number of hydrogen-bond donors (Lipinski definition) is 2. The van der Waals surface area contributed by atoms with E-state index in [0.29, 0.717) is 32.1 Å². The number of carbonyl (C=O) groups excluding carboxylic acids is 1. The van der Waals surface area contributed by atoms with E-state index in [2.05, 4.69) is 26.5 Å². The third kappa shape index (κ3) is 6.65. The van der Waals surface area contributed by atoms with Crippen molar-refractivity contribution >= 4 is 34.0 Å². The Kier molecular flexibility index (Phi) is 7.95. The molecule has 1 fully saturated rings. The number of halogens is 1. The number of morpholine rings is 1. The molecule has 1 saturated heterocycles. The van der Waals surface area contributed by atoms with Gasteiger partial charge in [0.25, 0.3) is 5.91 Å². The van der Waals surface area contributed by atoms with Gasteiger partial charge < -0.3 is 14.6 Å². The van der Waals surface area contributed by atoms with Gasteiger partial charge in [0, 0.05) is 13.1 Å². The molecule has 0 bridgehead atoms. The van der Waals surface area contributed by atoms with Crippen molar-refractivity contribution in [1.82, 2.24) is 10.3 Å². The van der Waals surface area contributed by atoms with Gasteiger partial charge in [-0.25, -0.2) is 10.2 Å². The lowest BCUT2D eigenvalue weighted by atomic mass is 10.1. The van der Waals surface area contributed by atoms with Crippen LogP contribution in [0.15, 0.2) is 52.0 Å². The van der Waals surface area contributed by atoms with E-state index in [1.54, 1.807) is 36.5 Å². The SMILES string of the molecule is O=C(CN1CCOCC1)N/N=C/c1ccc(OCc2ccc(C(=O)O)cc2)c(Br)c1. The molecular weight excluding hydrogens is 454 g/mol. The molecule has 158 valence electrons. The number of nitrogens with zero attached hydrogens (tertiary/aromatic N) is 2. The van der Waals surface area contributed by atoms with Crippen molar-refractivity contribution in [1.29, 1.82) is 0 Å². The third-order valence-electron chi connectivity index (χ3n) is 4.42. The zero-order valence-electron chi connectivity index (χ0n) is 16.2. The maximum Gasteiger partial charge on any atom is 0.335 e. The second-order valence-corrected chi connectivity index (χ2v) is 7.52. The average molecular weight is 476 g/mol. The van der Waals surface area contributed by atoms with E-state index in [1.165, 1.54) is 0 Å². The monoisotopic (exact) mass is 475 g/mol. The van der Waals surface area contributed by atoms with Crippen LogP contribution < -0.4 is 10.2 Å². The number of carbonyl (C=O) groups is 2. The summed E-state index contributed by atoms with van der Waals surface area (Å²) in [4.78, 5) is 24.8. The number of amides is 1. The van der Waals surface area contributed by atoms with Crippen molar-refractivity contribution in [2.45, 2.75) is 6.61 Å². The van der Waals surface area contributed by atoms with Gasteiger partial charge in [0.1, 0.15) is 12.4 Å². The van der Waals surface area contributed by atoms with Gasteiger partial charge in [-0.1, -0.05) is 12.1 Å². The molecule has 2 aromatic rings. The Hall–Kier alpha value is -2.75. The number of aromatic carboxylic acids is 1. The summed E-state index contributed by atoms with van der Waals surface area (Å²) in [6.45, 7) is 3.39. The van der Waals surface area contributed by atoms with E-state index >= 15 is 0 Å². The van der Waals surface area contributed by atoms with Gasteiger partial charge in [-0.3, -0.25) is 9.69 Å². The van der Waals surface area contributed by atoms with Crippen molar-refractivity contribution in [2.24, 2.45) is 5.10 Å². The molecule has 8 nitrogen and oxygen atoms in total. The summed E-state index contributed by atoms with van der Waals surface area (Å²) in [5.74, 6) is -0.480. The summed E-state index contributed by atoms with van der Waals surface area (Å²) in [5.41, 5.74) is 4.43. The van der Waals surface area contributed by atoms with Gasteiger partial charge in [0.15, 0.2) is 0 Å². The van der Waals surface area contributed by atoms with Crippen LogP contribution in [0.5, 0.6) is 5.75 Å². The Bertz CT molecular complexity index is 911. The lowest BCUT2D eigenvalue weighted by Gasteiger charge is -2.25. The van der Waals surface area contributed by atoms with E-state index in [4.69, 9.17) is 14.6 Å². The molecule has 2 N–H and O–H groups in total. The minimum atomic E-state index is -0.959. The highest BCUT2D eigenvalue weighted by Crippen LogP contribution is 2.26. The number of ether oxygens (including phenoxy) is 2. The number of carboxylic acids is 1. The second kappa shape index (κ2) is 10.9. The Morgan fingerprint density at radius 1 is 1.20 bits per heavy atom. The van der Waals surface area contributed by atoms with Gasteiger partial charge in [-0.15, -0.1) is 0 Å². The molecule has 9 heteroatoms. The lowest BCUT2D eigenvalue weighted by molar-refractivity contribution is -0.123. The molecule has 0 spiro atoms. The third-order valence-corrected chi connectivity index (χ3v) is 5.04. The van der Waals surface area contributed by atoms with Gasteiger partial charge in [-0.2, -0.15) is 5.10 Å². The molecule has 0 atom stereocenters. The average Bonchev–Trinajstić information content (AvgIpc) is 2.74. The van der Waals surface area contributed by atoms with Crippen LogP contribution in [0.4, 0.5) is 0 Å². The van der Waals surface area contributed by atoms with Gasteiger partial charge in [-0.05, 0) is 57.4 Å². The molecule has 1 amide bonds. The van der Waals surface area contributed by atoms with E-state index in [9.17, 15) is 9.59 Å². The predicted molar refractivity (Wildman–Crippen MR) is 115 cm³/mol. The molecule has 30 heavy (non-hydrogen) atoms. The number of carboxylic acid groups (broad SMARTS) is 1. The Labute approximate surface area is 182 Å². The van der Waals surface area contributed by atoms with Crippen LogP contribution in [0, 0.1) is 0 Å². The van der Waals surface area contributed by atoms with E-state index < -0.39 is 5.97 Å². The van der Waals surface area contributed by atoms with Gasteiger partial charge >= 0.3 is 5.97 Å². The highest BCUT2D eigenvalue weighted by Gasteiger charge is 2.13. The Morgan fingerprint density at radius 3 is 2.60 bits per heavy atom. The van der Waals surface area contributed by atoms with Crippen LogP contribution in [0.25, 0.3) is 0 Å². The first kappa shape index (κ1) is 21.9. The summed E-state index contributed by atoms with van der Waals surface area (Å²) < 4.78 is 11.8. The zero-order chi connectivity index (χ0) is 21.3. The molecule has 0 saturated carbocycles. The number of hydrazone groups is 1. The minimum absolute atomic E-state index is 0.166.